The summed E-state index contributed by atoms with van der Waals surface area (Å²) >= 11 is 5.90. The summed E-state index contributed by atoms with van der Waals surface area (Å²) in [5.74, 6) is 0.116. The van der Waals surface area contributed by atoms with Crippen LogP contribution < -0.4 is 9.47 Å². The van der Waals surface area contributed by atoms with Crippen LogP contribution in [0, 0.1) is 0 Å². The number of hydrogen-bond donors (Lipinski definition) is 0. The SMILES string of the molecule is COc1ccc2c(c1)[C@@H]1C[C@@](C)(O2)N(C)C(=O)[C@H]1S(=O)(=O)c1ccc(Cl)cc1. The molecule has 2 aliphatic rings. The molecule has 3 atom stereocenters. The van der Waals surface area contributed by atoms with Crippen molar-refractivity contribution in [3.8, 4) is 11.5 Å². The number of piperidine rings is 1. The molecule has 148 valence electrons. The number of benzene rings is 2. The van der Waals surface area contributed by atoms with Crippen LogP contribution in [0.4, 0.5) is 0 Å². The number of methoxy groups -OCH3 is 1. The minimum atomic E-state index is -3.95. The fourth-order valence-electron chi connectivity index (χ4n) is 4.02. The molecule has 2 heterocycles. The monoisotopic (exact) mass is 421 g/mol. The van der Waals surface area contributed by atoms with Crippen LogP contribution in [0.5, 0.6) is 11.5 Å². The third-order valence-electron chi connectivity index (χ3n) is 5.67. The molecule has 2 bridgehead atoms. The molecular formula is C20H20ClNO5S. The summed E-state index contributed by atoms with van der Waals surface area (Å²) in [5.41, 5.74) is -0.240. The van der Waals surface area contributed by atoms with E-state index < -0.39 is 32.6 Å². The van der Waals surface area contributed by atoms with Gasteiger partial charge in [-0.15, -0.1) is 0 Å². The highest BCUT2D eigenvalue weighted by Crippen LogP contribution is 2.50. The van der Waals surface area contributed by atoms with Crippen LogP contribution in [-0.4, -0.2) is 44.4 Å². The van der Waals surface area contributed by atoms with Gasteiger partial charge in [-0.2, -0.15) is 0 Å². The largest absolute Gasteiger partial charge is 0.497 e. The van der Waals surface area contributed by atoms with Crippen molar-refractivity contribution >= 4 is 27.3 Å². The molecule has 6 nitrogen and oxygen atoms in total. The molecule has 1 fully saturated rings. The fourth-order valence-corrected chi connectivity index (χ4v) is 6.06. The zero-order valence-corrected chi connectivity index (χ0v) is 17.3. The molecule has 1 saturated heterocycles. The van der Waals surface area contributed by atoms with E-state index in [1.54, 1.807) is 32.2 Å². The Hall–Kier alpha value is -2.25. The van der Waals surface area contributed by atoms with Crippen molar-refractivity contribution in [3.63, 3.8) is 0 Å². The minimum absolute atomic E-state index is 0.0724. The van der Waals surface area contributed by atoms with E-state index in [1.165, 1.54) is 36.3 Å². The van der Waals surface area contributed by atoms with Crippen LogP contribution in [-0.2, 0) is 14.6 Å². The Balaban J connectivity index is 1.89. The molecule has 4 rings (SSSR count). The highest BCUT2D eigenvalue weighted by molar-refractivity contribution is 7.92. The first-order valence-corrected chi connectivity index (χ1v) is 10.7. The second-order valence-electron chi connectivity index (χ2n) is 7.31. The lowest BCUT2D eigenvalue weighted by Crippen LogP contribution is -2.64. The third kappa shape index (κ3) is 2.76. The van der Waals surface area contributed by atoms with E-state index in [1.807, 2.05) is 0 Å². The molecule has 2 aromatic rings. The van der Waals surface area contributed by atoms with Crippen LogP contribution >= 0.6 is 11.6 Å². The van der Waals surface area contributed by atoms with Gasteiger partial charge >= 0.3 is 0 Å². The van der Waals surface area contributed by atoms with Gasteiger partial charge in [-0.1, -0.05) is 11.6 Å². The Morgan fingerprint density at radius 3 is 2.54 bits per heavy atom. The predicted molar refractivity (Wildman–Crippen MR) is 105 cm³/mol. The van der Waals surface area contributed by atoms with Gasteiger partial charge in [-0.3, -0.25) is 4.79 Å². The smallest absolute Gasteiger partial charge is 0.244 e. The van der Waals surface area contributed by atoms with Crippen molar-refractivity contribution in [2.24, 2.45) is 0 Å². The second-order valence-corrected chi connectivity index (χ2v) is 9.81. The molecule has 0 radical (unpaired) electrons. The highest BCUT2D eigenvalue weighted by atomic mass is 35.5. The van der Waals surface area contributed by atoms with Crippen molar-refractivity contribution in [3.05, 3.63) is 53.1 Å². The molecular weight excluding hydrogens is 402 g/mol. The van der Waals surface area contributed by atoms with Gasteiger partial charge in [0.1, 0.15) is 11.5 Å². The third-order valence-corrected chi connectivity index (χ3v) is 8.05. The number of amides is 1. The zero-order valence-electron chi connectivity index (χ0n) is 15.7. The Morgan fingerprint density at radius 2 is 1.89 bits per heavy atom. The maximum absolute atomic E-state index is 13.5. The topological polar surface area (TPSA) is 72.9 Å². The molecule has 0 spiro atoms. The molecule has 28 heavy (non-hydrogen) atoms. The highest BCUT2D eigenvalue weighted by Gasteiger charge is 2.57. The molecule has 8 heteroatoms. The summed E-state index contributed by atoms with van der Waals surface area (Å²) in [6, 6.07) is 11.2. The first kappa shape index (κ1) is 19.1. The number of nitrogens with zero attached hydrogens (tertiary/aromatic N) is 1. The van der Waals surface area contributed by atoms with Crippen LogP contribution in [0.2, 0.25) is 5.02 Å². The number of fused-ring (bicyclic) bond motifs is 4. The van der Waals surface area contributed by atoms with E-state index in [0.717, 1.165) is 0 Å². The summed E-state index contributed by atoms with van der Waals surface area (Å²) < 4.78 is 38.3. The van der Waals surface area contributed by atoms with Crippen LogP contribution in [0.1, 0.15) is 24.8 Å². The van der Waals surface area contributed by atoms with Crippen molar-refractivity contribution < 1.29 is 22.7 Å². The van der Waals surface area contributed by atoms with E-state index in [2.05, 4.69) is 0 Å². The Labute approximate surface area is 168 Å². The van der Waals surface area contributed by atoms with E-state index >= 15 is 0 Å². The van der Waals surface area contributed by atoms with Gasteiger partial charge in [0.2, 0.25) is 5.91 Å². The molecule has 2 aromatic carbocycles. The summed E-state index contributed by atoms with van der Waals surface area (Å²) in [6.45, 7) is 1.80. The molecule has 1 amide bonds. The van der Waals surface area contributed by atoms with E-state index in [0.29, 0.717) is 28.5 Å². The molecule has 0 saturated carbocycles. The lowest BCUT2D eigenvalue weighted by molar-refractivity contribution is -0.159. The first-order valence-electron chi connectivity index (χ1n) is 8.81. The molecule has 2 aliphatic heterocycles. The summed E-state index contributed by atoms with van der Waals surface area (Å²) in [4.78, 5) is 14.7. The van der Waals surface area contributed by atoms with Gasteiger partial charge < -0.3 is 14.4 Å². The van der Waals surface area contributed by atoms with Crippen molar-refractivity contribution in [1.29, 1.82) is 0 Å². The van der Waals surface area contributed by atoms with E-state index in [4.69, 9.17) is 21.1 Å². The van der Waals surface area contributed by atoms with Gasteiger partial charge in [0.15, 0.2) is 20.8 Å². The Bertz CT molecular complexity index is 1050. The predicted octanol–water partition coefficient (Wildman–Crippen LogP) is 3.25. The van der Waals surface area contributed by atoms with Gasteiger partial charge in [0.05, 0.1) is 12.0 Å². The minimum Gasteiger partial charge on any atom is -0.497 e. The first-order chi connectivity index (χ1) is 13.2. The Kier molecular flexibility index (Phi) is 4.35. The number of ether oxygens (including phenoxy) is 2. The van der Waals surface area contributed by atoms with Crippen molar-refractivity contribution in [2.75, 3.05) is 14.2 Å². The van der Waals surface area contributed by atoms with Gasteiger partial charge in [0.25, 0.3) is 0 Å². The van der Waals surface area contributed by atoms with Crippen molar-refractivity contribution in [1.82, 2.24) is 4.90 Å². The van der Waals surface area contributed by atoms with Gasteiger partial charge in [0, 0.05) is 30.0 Å². The number of carbonyl (C=O) groups excluding carboxylic acids is 1. The number of sulfone groups is 1. The number of halogens is 1. The van der Waals surface area contributed by atoms with E-state index in [-0.39, 0.29) is 4.90 Å². The average Bonchev–Trinajstić information content (AvgIpc) is 2.66. The molecule has 0 aliphatic carbocycles. The standard InChI is InChI=1S/C20H20ClNO5S/c1-20-11-16(15-10-13(26-3)6-9-17(15)27-20)18(19(23)22(20)2)28(24,25)14-7-4-12(21)5-8-14/h4-10,16,18H,11H2,1-3H3/t16-,18-,20+/m0/s1. The number of hydrogen-bond acceptors (Lipinski definition) is 5. The lowest BCUT2D eigenvalue weighted by Gasteiger charge is -2.51. The number of rotatable bonds is 3. The van der Waals surface area contributed by atoms with Crippen LogP contribution in [0.25, 0.3) is 0 Å². The van der Waals surface area contributed by atoms with Gasteiger partial charge in [-0.05, 0) is 49.4 Å². The maximum atomic E-state index is 13.5. The quantitative estimate of drug-likeness (QED) is 0.760. The second kappa shape index (κ2) is 6.39. The summed E-state index contributed by atoms with van der Waals surface area (Å²) in [5, 5.41) is -0.818. The normalized spacial score (nSPS) is 26.4. The summed E-state index contributed by atoms with van der Waals surface area (Å²) in [6.07, 6.45) is 0.368. The molecule has 0 N–H and O–H groups in total. The van der Waals surface area contributed by atoms with Crippen LogP contribution in [0.3, 0.4) is 0 Å². The van der Waals surface area contributed by atoms with E-state index in [9.17, 15) is 13.2 Å². The molecule has 0 unspecified atom stereocenters. The van der Waals surface area contributed by atoms with Crippen molar-refractivity contribution in [2.45, 2.75) is 35.1 Å². The maximum Gasteiger partial charge on any atom is 0.244 e. The van der Waals surface area contributed by atoms with Crippen LogP contribution in [0.15, 0.2) is 47.4 Å². The fraction of sp³-hybridized carbons (Fsp3) is 0.350. The Morgan fingerprint density at radius 1 is 1.21 bits per heavy atom. The number of carbonyl (C=O) groups is 1. The molecule has 0 aromatic heterocycles. The average molecular weight is 422 g/mol. The lowest BCUT2D eigenvalue weighted by atomic mass is 9.80. The van der Waals surface area contributed by atoms with Gasteiger partial charge in [-0.25, -0.2) is 8.42 Å². The summed E-state index contributed by atoms with van der Waals surface area (Å²) in [7, 11) is -0.827. The zero-order chi connectivity index (χ0) is 20.3. The number of likely N-dealkylation sites (tertiary alicyclic amines) is 1.